The number of rotatable bonds is 11. The molecule has 3 aromatic carbocycles. The molecular formula is C27H24F3N3O5. The second-order valence-corrected chi connectivity index (χ2v) is 8.28. The predicted molar refractivity (Wildman–Crippen MR) is 136 cm³/mol. The van der Waals surface area contributed by atoms with Crippen LogP contribution in [0.3, 0.4) is 0 Å². The Kier molecular flexibility index (Phi) is 8.17. The summed E-state index contributed by atoms with van der Waals surface area (Å²) >= 11 is 0. The number of fused-ring (bicyclic) bond motifs is 1. The van der Waals surface area contributed by atoms with Crippen molar-refractivity contribution < 1.29 is 36.7 Å². The summed E-state index contributed by atoms with van der Waals surface area (Å²) in [6.45, 7) is -1.24. The number of carbonyl (C=O) groups excluding carboxylic acids is 2. The van der Waals surface area contributed by atoms with Crippen molar-refractivity contribution in [1.29, 1.82) is 0 Å². The Labute approximate surface area is 215 Å². The van der Waals surface area contributed by atoms with Crippen LogP contribution in [0.2, 0.25) is 0 Å². The van der Waals surface area contributed by atoms with E-state index < -0.39 is 12.8 Å². The number of nitrogens with one attached hydrogen (secondary N) is 1. The molecule has 1 heterocycles. The molecule has 3 N–H and O–H groups in total. The highest BCUT2D eigenvalue weighted by atomic mass is 19.4. The lowest BCUT2D eigenvalue weighted by atomic mass is 10.2. The first-order chi connectivity index (χ1) is 18.2. The third kappa shape index (κ3) is 7.04. The lowest BCUT2D eigenvalue weighted by molar-refractivity contribution is -0.176. The van der Waals surface area contributed by atoms with E-state index in [-0.39, 0.29) is 31.5 Å². The zero-order valence-electron chi connectivity index (χ0n) is 20.0. The molecule has 0 atom stereocenters. The molecule has 0 radical (unpaired) electrons. The fraction of sp³-hybridized carbons (Fsp3) is 0.185. The number of nitrogens with two attached hydrogens (primary N) is 1. The number of halogens is 3. The molecule has 2 amide bonds. The van der Waals surface area contributed by atoms with E-state index in [1.54, 1.807) is 72.8 Å². The number of amides is 2. The van der Waals surface area contributed by atoms with Gasteiger partial charge in [0, 0.05) is 17.0 Å². The molecule has 0 aliphatic rings. The monoisotopic (exact) mass is 527 g/mol. The molecule has 198 valence electrons. The summed E-state index contributed by atoms with van der Waals surface area (Å²) in [6, 6.07) is 19.9. The summed E-state index contributed by atoms with van der Waals surface area (Å²) in [7, 11) is 0. The van der Waals surface area contributed by atoms with Crippen molar-refractivity contribution in [2.75, 3.05) is 35.7 Å². The molecule has 8 nitrogen and oxygen atoms in total. The summed E-state index contributed by atoms with van der Waals surface area (Å²) < 4.78 is 52.9. The van der Waals surface area contributed by atoms with Gasteiger partial charge >= 0.3 is 6.18 Å². The first-order valence-electron chi connectivity index (χ1n) is 11.5. The Balaban J connectivity index is 1.30. The zero-order chi connectivity index (χ0) is 27.1. The fourth-order valence-electron chi connectivity index (χ4n) is 3.58. The fourth-order valence-corrected chi connectivity index (χ4v) is 3.58. The molecule has 0 saturated carbocycles. The maximum atomic E-state index is 12.4. The number of anilines is 3. The minimum atomic E-state index is -4.40. The van der Waals surface area contributed by atoms with E-state index in [0.29, 0.717) is 45.6 Å². The lowest BCUT2D eigenvalue weighted by Gasteiger charge is -2.14. The Morgan fingerprint density at radius 1 is 1.05 bits per heavy atom. The zero-order valence-corrected chi connectivity index (χ0v) is 20.0. The molecule has 4 rings (SSSR count). The van der Waals surface area contributed by atoms with Crippen molar-refractivity contribution in [3.05, 3.63) is 83.9 Å². The average Bonchev–Trinajstić information content (AvgIpc) is 3.31. The Hall–Kier alpha value is -4.51. The standard InChI is InChI=1S/C27H24F3N3O5/c28-27(29,30)16-36-15-18-5-10-24-20(13-18)14-25(38-24)33(17-34)11-12-37-21-8-6-19(7-9-21)26(35)32-23-4-2-1-3-22(23)31/h1-10,13-14,17H,11-12,15-16,31H2,(H,32,35). The predicted octanol–water partition coefficient (Wildman–Crippen LogP) is 5.39. The summed E-state index contributed by atoms with van der Waals surface area (Å²) in [5.41, 5.74) is 8.26. The normalized spacial score (nSPS) is 11.3. The number of ether oxygens (including phenoxy) is 2. The van der Waals surface area contributed by atoms with Gasteiger partial charge in [-0.25, -0.2) is 0 Å². The van der Waals surface area contributed by atoms with Gasteiger partial charge in [-0.3, -0.25) is 14.5 Å². The summed E-state index contributed by atoms with van der Waals surface area (Å²) in [6.07, 6.45) is -3.80. The van der Waals surface area contributed by atoms with E-state index in [4.69, 9.17) is 14.9 Å². The molecule has 1 aromatic heterocycles. The second kappa shape index (κ2) is 11.7. The van der Waals surface area contributed by atoms with Gasteiger partial charge in [-0.2, -0.15) is 13.2 Å². The number of carbonyl (C=O) groups is 2. The SMILES string of the molecule is Nc1ccccc1NC(=O)c1ccc(OCCN(C=O)c2cc3cc(COCC(F)(F)F)ccc3o2)cc1. The number of hydrogen-bond acceptors (Lipinski definition) is 6. The number of hydrogen-bond donors (Lipinski definition) is 2. The highest BCUT2D eigenvalue weighted by Crippen LogP contribution is 2.27. The van der Waals surface area contributed by atoms with E-state index in [1.165, 1.54) is 4.90 Å². The molecule has 38 heavy (non-hydrogen) atoms. The molecule has 0 bridgehead atoms. The van der Waals surface area contributed by atoms with Crippen LogP contribution in [-0.4, -0.2) is 38.3 Å². The van der Waals surface area contributed by atoms with Gasteiger partial charge in [0.25, 0.3) is 5.91 Å². The smallest absolute Gasteiger partial charge is 0.411 e. The largest absolute Gasteiger partial charge is 0.492 e. The van der Waals surface area contributed by atoms with E-state index in [0.717, 1.165) is 0 Å². The number of furan rings is 1. The maximum Gasteiger partial charge on any atom is 0.411 e. The average molecular weight is 527 g/mol. The molecule has 0 fully saturated rings. The molecule has 11 heteroatoms. The van der Waals surface area contributed by atoms with E-state index in [2.05, 4.69) is 10.1 Å². The number of nitrogen functional groups attached to an aromatic ring is 1. The quantitative estimate of drug-likeness (QED) is 0.200. The van der Waals surface area contributed by atoms with Crippen molar-refractivity contribution >= 4 is 40.5 Å². The van der Waals surface area contributed by atoms with E-state index in [1.807, 2.05) is 0 Å². The van der Waals surface area contributed by atoms with Gasteiger partial charge in [-0.1, -0.05) is 18.2 Å². The van der Waals surface area contributed by atoms with Gasteiger partial charge in [-0.15, -0.1) is 0 Å². The minimum Gasteiger partial charge on any atom is -0.492 e. The van der Waals surface area contributed by atoms with Crippen LogP contribution < -0.4 is 20.7 Å². The lowest BCUT2D eigenvalue weighted by Crippen LogP contribution is -2.26. The van der Waals surface area contributed by atoms with Crippen molar-refractivity contribution in [2.24, 2.45) is 0 Å². The van der Waals surface area contributed by atoms with Crippen LogP contribution in [0.4, 0.5) is 30.4 Å². The molecular weight excluding hydrogens is 503 g/mol. The Morgan fingerprint density at radius 2 is 1.82 bits per heavy atom. The highest BCUT2D eigenvalue weighted by molar-refractivity contribution is 6.05. The van der Waals surface area contributed by atoms with Crippen LogP contribution in [0.15, 0.2) is 77.2 Å². The van der Waals surface area contributed by atoms with Crippen LogP contribution in [0.25, 0.3) is 11.0 Å². The third-order valence-electron chi connectivity index (χ3n) is 5.44. The number of alkyl halides is 3. The molecule has 0 unspecified atom stereocenters. The van der Waals surface area contributed by atoms with Crippen molar-refractivity contribution in [1.82, 2.24) is 0 Å². The first-order valence-corrected chi connectivity index (χ1v) is 11.5. The van der Waals surface area contributed by atoms with Crippen molar-refractivity contribution in [2.45, 2.75) is 12.8 Å². The molecule has 0 spiro atoms. The summed E-state index contributed by atoms with van der Waals surface area (Å²) in [4.78, 5) is 25.4. The Morgan fingerprint density at radius 3 is 2.53 bits per heavy atom. The van der Waals surface area contributed by atoms with Gasteiger partial charge in [0.05, 0.1) is 24.5 Å². The van der Waals surface area contributed by atoms with Crippen LogP contribution in [-0.2, 0) is 16.1 Å². The first kappa shape index (κ1) is 26.6. The van der Waals surface area contributed by atoms with E-state index in [9.17, 15) is 22.8 Å². The van der Waals surface area contributed by atoms with Gasteiger partial charge in [-0.05, 0) is 54.1 Å². The van der Waals surface area contributed by atoms with Gasteiger partial charge in [0.2, 0.25) is 12.3 Å². The number of nitrogens with zero attached hydrogens (tertiary/aromatic N) is 1. The van der Waals surface area contributed by atoms with Crippen LogP contribution >= 0.6 is 0 Å². The van der Waals surface area contributed by atoms with Gasteiger partial charge < -0.3 is 24.9 Å². The van der Waals surface area contributed by atoms with Crippen LogP contribution in [0.1, 0.15) is 15.9 Å². The molecule has 0 aliphatic heterocycles. The second-order valence-electron chi connectivity index (χ2n) is 8.28. The van der Waals surface area contributed by atoms with Crippen LogP contribution in [0.5, 0.6) is 5.75 Å². The number of para-hydroxylation sites is 2. The van der Waals surface area contributed by atoms with E-state index >= 15 is 0 Å². The molecule has 0 aliphatic carbocycles. The summed E-state index contributed by atoms with van der Waals surface area (Å²) in [5, 5.41) is 3.36. The minimum absolute atomic E-state index is 0.137. The molecule has 0 saturated heterocycles. The Bertz CT molecular complexity index is 1400. The van der Waals surface area contributed by atoms with Crippen molar-refractivity contribution in [3.8, 4) is 5.75 Å². The topological polar surface area (TPSA) is 107 Å². The third-order valence-corrected chi connectivity index (χ3v) is 5.44. The van der Waals surface area contributed by atoms with Gasteiger partial charge in [0.15, 0.2) is 0 Å². The molecule has 4 aromatic rings. The highest BCUT2D eigenvalue weighted by Gasteiger charge is 2.27. The van der Waals surface area contributed by atoms with Crippen LogP contribution in [0, 0.1) is 0 Å². The summed E-state index contributed by atoms with van der Waals surface area (Å²) in [5.74, 6) is 0.445. The van der Waals surface area contributed by atoms with Crippen molar-refractivity contribution in [3.63, 3.8) is 0 Å². The van der Waals surface area contributed by atoms with Gasteiger partial charge in [0.1, 0.15) is 24.5 Å². The maximum absolute atomic E-state index is 12.4. The number of benzene rings is 3.